The van der Waals surface area contributed by atoms with Crippen molar-refractivity contribution in [3.8, 4) is 0 Å². The molecule has 0 unspecified atom stereocenters. The number of para-hydroxylation sites is 1. The number of rotatable bonds is 3. The van der Waals surface area contributed by atoms with Crippen LogP contribution in [0.4, 0.5) is 5.69 Å². The van der Waals surface area contributed by atoms with Gasteiger partial charge in [-0.2, -0.15) is 5.10 Å². The third kappa shape index (κ3) is 3.38. The topological polar surface area (TPSA) is 41.5 Å². The summed E-state index contributed by atoms with van der Waals surface area (Å²) in [6, 6.07) is 4.99. The molecule has 0 heterocycles. The van der Waals surface area contributed by atoms with Crippen molar-refractivity contribution in [1.29, 1.82) is 0 Å². The average Bonchev–Trinajstić information content (AvgIpc) is 2.16. The summed E-state index contributed by atoms with van der Waals surface area (Å²) in [4.78, 5) is 10.8. The highest BCUT2D eigenvalue weighted by atomic mass is 35.5. The smallest absolute Gasteiger partial charge is 0.191 e. The largest absolute Gasteiger partial charge is 0.292 e. The quantitative estimate of drug-likeness (QED) is 0.671. The van der Waals surface area contributed by atoms with Crippen molar-refractivity contribution < 1.29 is 4.79 Å². The van der Waals surface area contributed by atoms with Crippen molar-refractivity contribution in [3.05, 3.63) is 28.2 Å². The Morgan fingerprint density at radius 3 is 2.33 bits per heavy atom. The first-order chi connectivity index (χ1) is 7.02. The molecule has 1 aromatic carbocycles. The highest BCUT2D eigenvalue weighted by Crippen LogP contribution is 2.29. The van der Waals surface area contributed by atoms with Crippen LogP contribution in [0.25, 0.3) is 0 Å². The van der Waals surface area contributed by atoms with E-state index in [1.54, 1.807) is 18.2 Å². The van der Waals surface area contributed by atoms with Gasteiger partial charge < -0.3 is 0 Å². The number of hydrazone groups is 1. The minimum atomic E-state index is -0.340. The number of halogens is 3. The molecule has 0 bridgehead atoms. The third-order valence-corrected chi connectivity index (χ3v) is 2.50. The molecule has 0 spiro atoms. The predicted molar refractivity (Wildman–Crippen MR) is 64.1 cm³/mol. The standard InChI is InChI=1S/C9H7Cl3N2O/c1-5(15)9(12)14-13-8-6(10)3-2-4-7(8)11/h2-4,13H,1H3/b14-9+. The lowest BCUT2D eigenvalue weighted by atomic mass is 10.3. The number of carbonyl (C=O) groups is 1. The minimum Gasteiger partial charge on any atom is -0.292 e. The fourth-order valence-corrected chi connectivity index (χ4v) is 1.31. The van der Waals surface area contributed by atoms with Crippen molar-refractivity contribution in [3.63, 3.8) is 0 Å². The number of benzene rings is 1. The summed E-state index contributed by atoms with van der Waals surface area (Å²) in [5.41, 5.74) is 2.95. The number of hydrogen-bond donors (Lipinski definition) is 1. The maximum absolute atomic E-state index is 10.8. The zero-order valence-corrected chi connectivity index (χ0v) is 9.99. The van der Waals surface area contributed by atoms with E-state index in [4.69, 9.17) is 34.8 Å². The Hall–Kier alpha value is -0.770. The van der Waals surface area contributed by atoms with E-state index in [-0.39, 0.29) is 11.0 Å². The second-order valence-corrected chi connectivity index (χ2v) is 3.84. The molecule has 1 aromatic rings. The van der Waals surface area contributed by atoms with E-state index in [1.807, 2.05) is 0 Å². The van der Waals surface area contributed by atoms with E-state index in [0.717, 1.165) is 0 Å². The summed E-state index contributed by atoms with van der Waals surface area (Å²) in [7, 11) is 0. The molecule has 6 heteroatoms. The molecule has 0 aliphatic carbocycles. The second kappa shape index (κ2) is 5.35. The summed E-state index contributed by atoms with van der Waals surface area (Å²) in [5.74, 6) is -0.340. The van der Waals surface area contributed by atoms with E-state index in [0.29, 0.717) is 15.7 Å². The highest BCUT2D eigenvalue weighted by molar-refractivity contribution is 6.82. The van der Waals surface area contributed by atoms with Gasteiger partial charge in [0.05, 0.1) is 15.7 Å². The van der Waals surface area contributed by atoms with Crippen LogP contribution in [0.15, 0.2) is 23.3 Å². The fourth-order valence-electron chi connectivity index (χ4n) is 0.788. The Bertz CT molecular complexity index is 398. The Morgan fingerprint density at radius 1 is 1.33 bits per heavy atom. The molecule has 0 saturated carbocycles. The number of hydrogen-bond acceptors (Lipinski definition) is 3. The first-order valence-corrected chi connectivity index (χ1v) is 5.10. The van der Waals surface area contributed by atoms with Crippen LogP contribution in [0.3, 0.4) is 0 Å². The van der Waals surface area contributed by atoms with E-state index < -0.39 is 0 Å². The van der Waals surface area contributed by atoms with Crippen LogP contribution >= 0.6 is 34.8 Å². The molecule has 1 rings (SSSR count). The molecule has 0 aliphatic rings. The zero-order chi connectivity index (χ0) is 11.4. The molecule has 0 fully saturated rings. The molecule has 0 atom stereocenters. The van der Waals surface area contributed by atoms with Crippen LogP contribution in [0.5, 0.6) is 0 Å². The molecule has 3 nitrogen and oxygen atoms in total. The maximum atomic E-state index is 10.8. The van der Waals surface area contributed by atoms with E-state index >= 15 is 0 Å². The maximum Gasteiger partial charge on any atom is 0.191 e. The molecule has 0 aromatic heterocycles. The number of nitrogens with zero attached hydrogens (tertiary/aromatic N) is 1. The van der Waals surface area contributed by atoms with Crippen LogP contribution in [0.1, 0.15) is 6.92 Å². The summed E-state index contributed by atoms with van der Waals surface area (Å²) < 4.78 is 0. The van der Waals surface area contributed by atoms with E-state index in [9.17, 15) is 4.79 Å². The summed E-state index contributed by atoms with van der Waals surface area (Å²) in [5, 5.41) is 4.27. The van der Waals surface area contributed by atoms with Gasteiger partial charge in [0.15, 0.2) is 11.0 Å². The van der Waals surface area contributed by atoms with Crippen LogP contribution in [0.2, 0.25) is 10.0 Å². The predicted octanol–water partition coefficient (Wildman–Crippen LogP) is 3.55. The molecule has 80 valence electrons. The molecule has 0 radical (unpaired) electrons. The fraction of sp³-hybridized carbons (Fsp3) is 0.111. The van der Waals surface area contributed by atoms with Gasteiger partial charge in [0.1, 0.15) is 0 Å². The normalized spacial score (nSPS) is 11.3. The lowest BCUT2D eigenvalue weighted by molar-refractivity contribution is -0.110. The average molecular weight is 266 g/mol. The van der Waals surface area contributed by atoms with Crippen molar-refractivity contribution in [1.82, 2.24) is 0 Å². The number of carbonyl (C=O) groups excluding carboxylic acids is 1. The number of ketones is 1. The third-order valence-electron chi connectivity index (χ3n) is 1.52. The Morgan fingerprint density at radius 2 is 1.87 bits per heavy atom. The Labute approximate surface area is 102 Å². The minimum absolute atomic E-state index is 0.161. The van der Waals surface area contributed by atoms with Gasteiger partial charge in [0.25, 0.3) is 0 Å². The van der Waals surface area contributed by atoms with Gasteiger partial charge in [0, 0.05) is 6.92 Å². The Kier molecular flexibility index (Phi) is 4.39. The van der Waals surface area contributed by atoms with Gasteiger partial charge in [-0.25, -0.2) is 0 Å². The molecule has 1 N–H and O–H groups in total. The van der Waals surface area contributed by atoms with Crippen LogP contribution in [-0.4, -0.2) is 11.0 Å². The van der Waals surface area contributed by atoms with Gasteiger partial charge in [0.2, 0.25) is 0 Å². The van der Waals surface area contributed by atoms with Crippen LogP contribution < -0.4 is 5.43 Å². The number of Topliss-reactive ketones (excluding diaryl/α,β-unsaturated/α-hetero) is 1. The summed E-state index contributed by atoms with van der Waals surface area (Å²) in [6.07, 6.45) is 0. The van der Waals surface area contributed by atoms with Crippen LogP contribution in [0, 0.1) is 0 Å². The van der Waals surface area contributed by atoms with Crippen molar-refractivity contribution >= 4 is 51.4 Å². The van der Waals surface area contributed by atoms with E-state index in [2.05, 4.69) is 10.5 Å². The van der Waals surface area contributed by atoms with Crippen LogP contribution in [-0.2, 0) is 4.79 Å². The van der Waals surface area contributed by atoms with Gasteiger partial charge in [-0.15, -0.1) is 0 Å². The lowest BCUT2D eigenvalue weighted by Crippen LogP contribution is -2.04. The zero-order valence-electron chi connectivity index (χ0n) is 7.72. The van der Waals surface area contributed by atoms with Crippen molar-refractivity contribution in [2.24, 2.45) is 5.10 Å². The van der Waals surface area contributed by atoms with Crippen molar-refractivity contribution in [2.75, 3.05) is 5.43 Å². The SMILES string of the molecule is CC(=O)/C(Cl)=N\Nc1c(Cl)cccc1Cl. The lowest BCUT2D eigenvalue weighted by Gasteiger charge is -2.05. The molecular formula is C9H7Cl3N2O. The second-order valence-electron chi connectivity index (χ2n) is 2.67. The number of nitrogens with one attached hydrogen (secondary N) is 1. The first kappa shape index (κ1) is 12.3. The summed E-state index contributed by atoms with van der Waals surface area (Å²) in [6.45, 7) is 1.31. The molecular weight excluding hydrogens is 258 g/mol. The number of anilines is 1. The van der Waals surface area contributed by atoms with Gasteiger partial charge in [-0.05, 0) is 12.1 Å². The Balaban J connectivity index is 2.91. The summed E-state index contributed by atoms with van der Waals surface area (Å²) >= 11 is 17.2. The van der Waals surface area contributed by atoms with Crippen molar-refractivity contribution in [2.45, 2.75) is 6.92 Å². The van der Waals surface area contributed by atoms with Gasteiger partial charge in [-0.3, -0.25) is 10.2 Å². The van der Waals surface area contributed by atoms with Gasteiger partial charge >= 0.3 is 0 Å². The first-order valence-electron chi connectivity index (χ1n) is 3.96. The monoisotopic (exact) mass is 264 g/mol. The molecule has 0 amide bonds. The van der Waals surface area contributed by atoms with E-state index in [1.165, 1.54) is 6.92 Å². The highest BCUT2D eigenvalue weighted by Gasteiger charge is 2.05. The molecule has 15 heavy (non-hydrogen) atoms. The van der Waals surface area contributed by atoms with Gasteiger partial charge in [-0.1, -0.05) is 40.9 Å². The molecule has 0 aliphatic heterocycles. The molecule has 0 saturated heterocycles.